The minimum Gasteiger partial charge on any atom is -0.459 e. The van der Waals surface area contributed by atoms with Gasteiger partial charge in [0.25, 0.3) is 0 Å². The van der Waals surface area contributed by atoms with Crippen LogP contribution in [0.3, 0.4) is 0 Å². The molecule has 0 amide bonds. The number of hydrogen-bond acceptors (Lipinski definition) is 3. The quantitative estimate of drug-likeness (QED) is 0.620. The zero-order chi connectivity index (χ0) is 9.19. The molecule has 0 aromatic carbocycles. The van der Waals surface area contributed by atoms with Crippen molar-refractivity contribution in [3.63, 3.8) is 0 Å². The molecule has 0 spiro atoms. The van der Waals surface area contributed by atoms with Crippen LogP contribution >= 0.6 is 0 Å². The van der Waals surface area contributed by atoms with Crippen molar-refractivity contribution in [2.75, 3.05) is 25.9 Å². The molecule has 0 saturated carbocycles. The smallest absolute Gasteiger partial charge is 0.208 e. The first-order valence-electron chi connectivity index (χ1n) is 3.97. The van der Waals surface area contributed by atoms with Crippen molar-refractivity contribution in [1.29, 1.82) is 0 Å². The summed E-state index contributed by atoms with van der Waals surface area (Å²) in [5.41, 5.74) is 0. The normalized spacial score (nSPS) is 26.3. The second kappa shape index (κ2) is 3.72. The maximum atomic E-state index is 10.7. The predicted molar refractivity (Wildman–Crippen MR) is 47.9 cm³/mol. The van der Waals surface area contributed by atoms with Crippen LogP contribution in [0, 0.1) is 13.0 Å². The van der Waals surface area contributed by atoms with Gasteiger partial charge in [0.15, 0.2) is 0 Å². The summed E-state index contributed by atoms with van der Waals surface area (Å²) in [6.07, 6.45) is 2.22. The first-order chi connectivity index (χ1) is 5.47. The molecular formula is C7H15N2O2S-. The number of sulfonamides is 1. The summed E-state index contributed by atoms with van der Waals surface area (Å²) in [6.45, 7) is 2.41. The van der Waals surface area contributed by atoms with E-state index >= 15 is 0 Å². The van der Waals surface area contributed by atoms with E-state index in [1.165, 1.54) is 6.26 Å². The number of hydrogen-bond donors (Lipinski definition) is 1. The Morgan fingerprint density at radius 3 is 2.75 bits per heavy atom. The second-order valence-electron chi connectivity index (χ2n) is 3.35. The van der Waals surface area contributed by atoms with Gasteiger partial charge in [-0.2, -0.15) is 0 Å². The standard InChI is InChI=1S/C7H15N2O2S/c1-9-4-3-7(6-9)5-8-12(2,10)11/h7-8H,1,3-6H2,2H3/q-1/t7-/m0/s1. The highest BCUT2D eigenvalue weighted by molar-refractivity contribution is 7.88. The van der Waals surface area contributed by atoms with Gasteiger partial charge in [0, 0.05) is 6.54 Å². The average molecular weight is 191 g/mol. The summed E-state index contributed by atoms with van der Waals surface area (Å²) in [5, 5.41) is 0. The zero-order valence-corrected chi connectivity index (χ0v) is 8.10. The molecule has 4 nitrogen and oxygen atoms in total. The van der Waals surface area contributed by atoms with Crippen LogP contribution in [0.5, 0.6) is 0 Å². The molecular weight excluding hydrogens is 176 g/mol. The Hall–Kier alpha value is -0.130. The van der Waals surface area contributed by atoms with Gasteiger partial charge in [0.1, 0.15) is 0 Å². The molecule has 1 aliphatic heterocycles. The lowest BCUT2D eigenvalue weighted by Crippen LogP contribution is -2.29. The Labute approximate surface area is 74.0 Å². The second-order valence-corrected chi connectivity index (χ2v) is 5.19. The molecule has 0 aromatic heterocycles. The molecule has 0 aliphatic carbocycles. The third-order valence-electron chi connectivity index (χ3n) is 2.00. The van der Waals surface area contributed by atoms with Crippen molar-refractivity contribution < 1.29 is 8.42 Å². The zero-order valence-electron chi connectivity index (χ0n) is 7.28. The van der Waals surface area contributed by atoms with Crippen LogP contribution in [0.25, 0.3) is 0 Å². The van der Waals surface area contributed by atoms with Crippen LogP contribution < -0.4 is 4.72 Å². The van der Waals surface area contributed by atoms with Gasteiger partial charge < -0.3 is 4.90 Å². The van der Waals surface area contributed by atoms with Crippen LogP contribution in [0.15, 0.2) is 0 Å². The van der Waals surface area contributed by atoms with E-state index in [0.717, 1.165) is 19.5 Å². The molecule has 12 heavy (non-hydrogen) atoms. The largest absolute Gasteiger partial charge is 0.459 e. The van der Waals surface area contributed by atoms with E-state index in [9.17, 15) is 8.42 Å². The van der Waals surface area contributed by atoms with Crippen LogP contribution in [0.2, 0.25) is 0 Å². The molecule has 0 bridgehead atoms. The van der Waals surface area contributed by atoms with E-state index in [2.05, 4.69) is 11.8 Å². The first-order valence-corrected chi connectivity index (χ1v) is 5.86. The highest BCUT2D eigenvalue weighted by Gasteiger charge is 2.16. The van der Waals surface area contributed by atoms with E-state index in [1.807, 2.05) is 4.90 Å². The number of likely N-dealkylation sites (tertiary alicyclic amines) is 1. The summed E-state index contributed by atoms with van der Waals surface area (Å²) in [7, 11) is 0.770. The van der Waals surface area contributed by atoms with Crippen molar-refractivity contribution >= 4 is 10.0 Å². The molecule has 1 aliphatic rings. The molecule has 0 unspecified atom stereocenters. The Balaban J connectivity index is 2.25. The van der Waals surface area contributed by atoms with Crippen LogP contribution in [0.1, 0.15) is 6.42 Å². The molecule has 5 heteroatoms. The first kappa shape index (κ1) is 9.95. The fourth-order valence-corrected chi connectivity index (χ4v) is 1.89. The maximum absolute atomic E-state index is 10.7. The van der Waals surface area contributed by atoms with Gasteiger partial charge in [-0.3, -0.25) is 7.05 Å². The monoisotopic (exact) mass is 191 g/mol. The van der Waals surface area contributed by atoms with Gasteiger partial charge in [0.2, 0.25) is 10.0 Å². The van der Waals surface area contributed by atoms with Gasteiger partial charge in [-0.1, -0.05) is 0 Å². The molecule has 72 valence electrons. The minimum absolute atomic E-state index is 0.428. The van der Waals surface area contributed by atoms with Crippen molar-refractivity contribution in [3.05, 3.63) is 7.05 Å². The van der Waals surface area contributed by atoms with Crippen molar-refractivity contribution in [2.24, 2.45) is 5.92 Å². The van der Waals surface area contributed by atoms with Gasteiger partial charge in [-0.25, -0.2) is 13.1 Å². The minimum atomic E-state index is -3.02. The molecule has 1 N–H and O–H groups in total. The van der Waals surface area contributed by atoms with Gasteiger partial charge in [-0.05, 0) is 25.4 Å². The summed E-state index contributed by atoms with van der Waals surface area (Å²) in [6, 6.07) is 0. The van der Waals surface area contributed by atoms with Crippen LogP contribution in [-0.4, -0.2) is 39.2 Å². The highest BCUT2D eigenvalue weighted by atomic mass is 32.2. The molecule has 1 saturated heterocycles. The number of nitrogens with zero attached hydrogens (tertiary/aromatic N) is 1. The molecule has 1 fully saturated rings. The third-order valence-corrected chi connectivity index (χ3v) is 2.70. The molecule has 1 heterocycles. The summed E-state index contributed by atoms with van der Waals surface area (Å²) in [5.74, 6) is 0.428. The Morgan fingerprint density at radius 1 is 1.67 bits per heavy atom. The fourth-order valence-electron chi connectivity index (χ4n) is 1.35. The predicted octanol–water partition coefficient (Wildman–Crippen LogP) is -0.351. The van der Waals surface area contributed by atoms with Gasteiger partial charge in [0.05, 0.1) is 6.26 Å². The SMILES string of the molecule is [CH2-]N1CC[C@@H](CNS(C)(=O)=O)C1. The van der Waals surface area contributed by atoms with Crippen LogP contribution in [0.4, 0.5) is 0 Å². The fraction of sp³-hybridized carbons (Fsp3) is 0.857. The van der Waals surface area contributed by atoms with E-state index in [-0.39, 0.29) is 0 Å². The lowest BCUT2D eigenvalue weighted by Gasteiger charge is -2.16. The number of nitrogens with one attached hydrogen (secondary N) is 1. The lowest BCUT2D eigenvalue weighted by molar-refractivity contribution is 0.431. The average Bonchev–Trinajstić information content (AvgIpc) is 2.30. The molecule has 0 radical (unpaired) electrons. The van der Waals surface area contributed by atoms with E-state index in [0.29, 0.717) is 12.5 Å². The molecule has 0 aromatic rings. The maximum Gasteiger partial charge on any atom is 0.208 e. The van der Waals surface area contributed by atoms with Gasteiger partial charge >= 0.3 is 0 Å². The summed E-state index contributed by atoms with van der Waals surface area (Å²) >= 11 is 0. The van der Waals surface area contributed by atoms with Gasteiger partial charge in [-0.15, -0.1) is 0 Å². The van der Waals surface area contributed by atoms with E-state index in [4.69, 9.17) is 0 Å². The molecule has 1 atom stereocenters. The van der Waals surface area contributed by atoms with Crippen molar-refractivity contribution in [3.8, 4) is 0 Å². The van der Waals surface area contributed by atoms with Crippen molar-refractivity contribution in [2.45, 2.75) is 6.42 Å². The van der Waals surface area contributed by atoms with E-state index in [1.54, 1.807) is 0 Å². The van der Waals surface area contributed by atoms with E-state index < -0.39 is 10.0 Å². The third kappa shape index (κ3) is 3.51. The molecule has 1 rings (SSSR count). The Bertz CT molecular complexity index is 238. The van der Waals surface area contributed by atoms with Crippen molar-refractivity contribution in [1.82, 2.24) is 9.62 Å². The lowest BCUT2D eigenvalue weighted by atomic mass is 10.1. The summed E-state index contributed by atoms with van der Waals surface area (Å²) < 4.78 is 24.0. The Morgan fingerprint density at radius 2 is 2.33 bits per heavy atom. The topological polar surface area (TPSA) is 49.4 Å². The summed E-state index contributed by atoms with van der Waals surface area (Å²) in [4.78, 5) is 1.97. The highest BCUT2D eigenvalue weighted by Crippen LogP contribution is 2.13. The number of rotatable bonds is 3. The van der Waals surface area contributed by atoms with Crippen LogP contribution in [-0.2, 0) is 10.0 Å². The Kier molecular flexibility index (Phi) is 3.09.